The Kier molecular flexibility index (Phi) is 4.40. The zero-order chi connectivity index (χ0) is 13.0. The highest BCUT2D eigenvalue weighted by atomic mass is 16.5. The second-order valence-corrected chi connectivity index (χ2v) is 5.39. The molecule has 1 N–H and O–H groups in total. The molecule has 2 rings (SSSR count). The summed E-state index contributed by atoms with van der Waals surface area (Å²) < 4.78 is 8.16. The van der Waals surface area contributed by atoms with E-state index in [0.717, 1.165) is 31.8 Å². The van der Waals surface area contributed by atoms with Gasteiger partial charge in [-0.1, -0.05) is 6.92 Å². The summed E-state index contributed by atoms with van der Waals surface area (Å²) in [5.41, 5.74) is -0.0553. The van der Waals surface area contributed by atoms with Crippen LogP contribution in [-0.2, 0) is 18.2 Å². The van der Waals surface area contributed by atoms with E-state index >= 15 is 0 Å². The summed E-state index contributed by atoms with van der Waals surface area (Å²) in [5.74, 6) is 1.12. The summed E-state index contributed by atoms with van der Waals surface area (Å²) in [4.78, 5) is 4.43. The highest BCUT2D eigenvalue weighted by Crippen LogP contribution is 2.29. The molecule has 1 aromatic rings. The van der Waals surface area contributed by atoms with E-state index in [2.05, 4.69) is 35.8 Å². The lowest BCUT2D eigenvalue weighted by molar-refractivity contribution is -0.0885. The highest BCUT2D eigenvalue weighted by Gasteiger charge is 2.36. The van der Waals surface area contributed by atoms with Gasteiger partial charge in [0.25, 0.3) is 0 Å². The molecule has 0 aliphatic carbocycles. The third-order valence-electron chi connectivity index (χ3n) is 3.99. The van der Waals surface area contributed by atoms with Gasteiger partial charge in [-0.25, -0.2) is 4.98 Å². The maximum atomic E-state index is 6.07. The van der Waals surface area contributed by atoms with E-state index in [0.29, 0.717) is 6.04 Å². The van der Waals surface area contributed by atoms with Crippen LogP contribution in [0.25, 0.3) is 0 Å². The van der Waals surface area contributed by atoms with Crippen LogP contribution in [0.4, 0.5) is 0 Å². The lowest BCUT2D eigenvalue weighted by Crippen LogP contribution is -2.53. The van der Waals surface area contributed by atoms with Crippen LogP contribution >= 0.6 is 0 Å². The number of aromatic nitrogens is 2. The van der Waals surface area contributed by atoms with E-state index in [1.807, 2.05) is 12.4 Å². The van der Waals surface area contributed by atoms with Crippen LogP contribution in [0.15, 0.2) is 12.4 Å². The average Bonchev–Trinajstić information content (AvgIpc) is 2.75. The molecule has 4 nitrogen and oxygen atoms in total. The summed E-state index contributed by atoms with van der Waals surface area (Å²) in [6.07, 6.45) is 8.38. The molecule has 0 spiro atoms. The number of rotatable bonds is 5. The van der Waals surface area contributed by atoms with Crippen LogP contribution in [-0.4, -0.2) is 34.3 Å². The quantitative estimate of drug-likeness (QED) is 0.868. The fraction of sp³-hybridized carbons (Fsp3) is 0.786. The molecule has 2 unspecified atom stereocenters. The molecule has 4 heteroatoms. The van der Waals surface area contributed by atoms with Gasteiger partial charge in [0.2, 0.25) is 0 Å². The summed E-state index contributed by atoms with van der Waals surface area (Å²) in [7, 11) is 2.05. The van der Waals surface area contributed by atoms with Crippen LogP contribution in [0, 0.1) is 0 Å². The first kappa shape index (κ1) is 13.6. The first-order valence-corrected chi connectivity index (χ1v) is 6.99. The van der Waals surface area contributed by atoms with Gasteiger partial charge >= 0.3 is 0 Å². The number of imidazole rings is 1. The van der Waals surface area contributed by atoms with Gasteiger partial charge in [-0.2, -0.15) is 0 Å². The highest BCUT2D eigenvalue weighted by molar-refractivity contribution is 5.01. The van der Waals surface area contributed by atoms with Crippen LogP contribution in [0.5, 0.6) is 0 Å². The van der Waals surface area contributed by atoms with Gasteiger partial charge in [0.05, 0.1) is 5.60 Å². The Morgan fingerprint density at radius 3 is 2.94 bits per heavy atom. The monoisotopic (exact) mass is 251 g/mol. The van der Waals surface area contributed by atoms with E-state index in [4.69, 9.17) is 4.74 Å². The lowest BCUT2D eigenvalue weighted by Gasteiger charge is -2.41. The van der Waals surface area contributed by atoms with Gasteiger partial charge in [0.1, 0.15) is 5.82 Å². The van der Waals surface area contributed by atoms with Gasteiger partial charge in [0, 0.05) is 38.5 Å². The van der Waals surface area contributed by atoms with Crippen molar-refractivity contribution in [2.75, 3.05) is 13.2 Å². The van der Waals surface area contributed by atoms with Crippen LogP contribution in [0.1, 0.15) is 38.9 Å². The Morgan fingerprint density at radius 1 is 1.56 bits per heavy atom. The van der Waals surface area contributed by atoms with E-state index in [-0.39, 0.29) is 5.60 Å². The normalized spacial score (nSPS) is 26.2. The molecule has 2 heterocycles. The number of likely N-dealkylation sites (N-methyl/N-ethyl adjacent to an activating group) is 1. The van der Waals surface area contributed by atoms with Crippen molar-refractivity contribution in [1.82, 2.24) is 14.9 Å². The Balaban J connectivity index is 2.09. The van der Waals surface area contributed by atoms with Crippen molar-refractivity contribution in [3.63, 3.8) is 0 Å². The number of aryl methyl sites for hydroxylation is 1. The summed E-state index contributed by atoms with van der Waals surface area (Å²) in [5, 5.41) is 3.58. The summed E-state index contributed by atoms with van der Waals surface area (Å²) in [6, 6.07) is 0.337. The van der Waals surface area contributed by atoms with Crippen LogP contribution in [0.2, 0.25) is 0 Å². The Bertz CT molecular complexity index is 369. The van der Waals surface area contributed by atoms with E-state index in [9.17, 15) is 0 Å². The molecule has 0 bridgehead atoms. The molecule has 1 saturated heterocycles. The van der Waals surface area contributed by atoms with Gasteiger partial charge in [-0.05, 0) is 32.7 Å². The minimum atomic E-state index is -0.0553. The first-order chi connectivity index (χ1) is 8.65. The third-order valence-corrected chi connectivity index (χ3v) is 3.99. The number of ether oxygens (including phenoxy) is 1. The summed E-state index contributed by atoms with van der Waals surface area (Å²) in [6.45, 7) is 6.24. The SMILES string of the molecule is CCNC(Cc1nccn1C)C1(C)CCCCO1. The molecule has 0 saturated carbocycles. The predicted octanol–water partition coefficient (Wildman–Crippen LogP) is 1.90. The molecule has 1 aliphatic rings. The van der Waals surface area contributed by atoms with Crippen molar-refractivity contribution in [1.29, 1.82) is 0 Å². The largest absolute Gasteiger partial charge is 0.374 e. The fourth-order valence-corrected chi connectivity index (χ4v) is 2.76. The van der Waals surface area contributed by atoms with Crippen molar-refractivity contribution in [3.8, 4) is 0 Å². The molecular formula is C14H25N3O. The third kappa shape index (κ3) is 2.93. The number of hydrogen-bond donors (Lipinski definition) is 1. The molecule has 2 atom stereocenters. The molecule has 0 aromatic carbocycles. The van der Waals surface area contributed by atoms with Crippen LogP contribution < -0.4 is 5.32 Å². The number of hydrogen-bond acceptors (Lipinski definition) is 3. The van der Waals surface area contributed by atoms with E-state index < -0.39 is 0 Å². The van der Waals surface area contributed by atoms with Gasteiger partial charge in [-0.3, -0.25) is 0 Å². The molecule has 102 valence electrons. The van der Waals surface area contributed by atoms with E-state index in [1.54, 1.807) is 0 Å². The van der Waals surface area contributed by atoms with E-state index in [1.165, 1.54) is 12.8 Å². The van der Waals surface area contributed by atoms with Crippen molar-refractivity contribution in [3.05, 3.63) is 18.2 Å². The minimum Gasteiger partial charge on any atom is -0.374 e. The Morgan fingerprint density at radius 2 is 2.39 bits per heavy atom. The Labute approximate surface area is 110 Å². The number of nitrogens with one attached hydrogen (secondary N) is 1. The maximum absolute atomic E-state index is 6.07. The standard InChI is InChI=1S/C14H25N3O/c1-4-15-12(11-13-16-8-9-17(13)3)14(2)7-5-6-10-18-14/h8-9,12,15H,4-7,10-11H2,1-3H3. The van der Waals surface area contributed by atoms with Crippen molar-refractivity contribution in [2.45, 2.75) is 51.2 Å². The van der Waals surface area contributed by atoms with Crippen molar-refractivity contribution >= 4 is 0 Å². The van der Waals surface area contributed by atoms with Gasteiger partial charge in [-0.15, -0.1) is 0 Å². The second kappa shape index (κ2) is 5.85. The Hall–Kier alpha value is -0.870. The molecular weight excluding hydrogens is 226 g/mol. The minimum absolute atomic E-state index is 0.0553. The number of nitrogens with zero attached hydrogens (tertiary/aromatic N) is 2. The topological polar surface area (TPSA) is 39.1 Å². The fourth-order valence-electron chi connectivity index (χ4n) is 2.76. The van der Waals surface area contributed by atoms with Gasteiger partial charge < -0.3 is 14.6 Å². The summed E-state index contributed by atoms with van der Waals surface area (Å²) >= 11 is 0. The van der Waals surface area contributed by atoms with Crippen molar-refractivity contribution in [2.24, 2.45) is 7.05 Å². The lowest BCUT2D eigenvalue weighted by atomic mass is 9.86. The predicted molar refractivity (Wildman–Crippen MR) is 72.6 cm³/mol. The smallest absolute Gasteiger partial charge is 0.110 e. The van der Waals surface area contributed by atoms with Crippen LogP contribution in [0.3, 0.4) is 0 Å². The average molecular weight is 251 g/mol. The molecule has 18 heavy (non-hydrogen) atoms. The van der Waals surface area contributed by atoms with Gasteiger partial charge in [0.15, 0.2) is 0 Å². The zero-order valence-corrected chi connectivity index (χ0v) is 11.8. The maximum Gasteiger partial charge on any atom is 0.110 e. The molecule has 0 radical (unpaired) electrons. The second-order valence-electron chi connectivity index (χ2n) is 5.39. The van der Waals surface area contributed by atoms with Crippen molar-refractivity contribution < 1.29 is 4.74 Å². The zero-order valence-electron chi connectivity index (χ0n) is 11.8. The first-order valence-electron chi connectivity index (χ1n) is 6.99. The molecule has 1 aromatic heterocycles. The molecule has 1 aliphatic heterocycles. The molecule has 0 amide bonds. The molecule has 1 fully saturated rings.